The van der Waals surface area contributed by atoms with Crippen LogP contribution in [0.4, 0.5) is 5.69 Å². The van der Waals surface area contributed by atoms with Crippen LogP contribution >= 0.6 is 15.9 Å². The van der Waals surface area contributed by atoms with Gasteiger partial charge >= 0.3 is 0 Å². The molecule has 0 radical (unpaired) electrons. The first-order valence-electron chi connectivity index (χ1n) is 5.94. The third kappa shape index (κ3) is 2.91. The Morgan fingerprint density at radius 1 is 1.56 bits per heavy atom. The summed E-state index contributed by atoms with van der Waals surface area (Å²) in [5, 5.41) is 6.11. The molecule has 0 aromatic heterocycles. The van der Waals surface area contributed by atoms with Gasteiger partial charge in [-0.05, 0) is 31.0 Å². The Morgan fingerprint density at radius 3 is 3.00 bits per heavy atom. The third-order valence-electron chi connectivity index (χ3n) is 3.27. The van der Waals surface area contributed by atoms with Gasteiger partial charge in [0.05, 0.1) is 12.1 Å². The van der Waals surface area contributed by atoms with Crippen LogP contribution in [0.15, 0.2) is 22.7 Å². The molecule has 1 heterocycles. The molecule has 0 bridgehead atoms. The molecule has 2 unspecified atom stereocenters. The fourth-order valence-corrected chi connectivity index (χ4v) is 2.41. The van der Waals surface area contributed by atoms with E-state index in [4.69, 9.17) is 4.74 Å². The highest BCUT2D eigenvalue weighted by Crippen LogP contribution is 2.24. The number of ether oxygens (including phenoxy) is 1. The predicted molar refractivity (Wildman–Crippen MR) is 74.7 cm³/mol. The number of carbonyl (C=O) groups excluding carboxylic acids is 1. The van der Waals surface area contributed by atoms with E-state index in [1.807, 2.05) is 25.1 Å². The van der Waals surface area contributed by atoms with Gasteiger partial charge in [0.25, 0.3) is 0 Å². The van der Waals surface area contributed by atoms with Crippen molar-refractivity contribution in [3.63, 3.8) is 0 Å². The highest BCUT2D eigenvalue weighted by molar-refractivity contribution is 9.10. The van der Waals surface area contributed by atoms with Crippen LogP contribution in [0.5, 0.6) is 0 Å². The van der Waals surface area contributed by atoms with E-state index in [0.29, 0.717) is 0 Å². The monoisotopic (exact) mass is 312 g/mol. The Labute approximate surface area is 115 Å². The maximum Gasteiger partial charge on any atom is 0.241 e. The Kier molecular flexibility index (Phi) is 4.37. The average Bonchev–Trinajstić information content (AvgIpc) is 2.83. The van der Waals surface area contributed by atoms with Crippen molar-refractivity contribution < 1.29 is 9.53 Å². The number of nitrogens with one attached hydrogen (secondary N) is 2. The van der Waals surface area contributed by atoms with E-state index in [2.05, 4.69) is 26.6 Å². The van der Waals surface area contributed by atoms with Crippen molar-refractivity contribution in [1.82, 2.24) is 5.32 Å². The number of amides is 1. The molecule has 0 aliphatic carbocycles. The minimum Gasteiger partial charge on any atom is -0.380 e. The van der Waals surface area contributed by atoms with E-state index in [1.165, 1.54) is 0 Å². The van der Waals surface area contributed by atoms with Crippen molar-refractivity contribution in [2.45, 2.75) is 25.5 Å². The van der Waals surface area contributed by atoms with Crippen LogP contribution in [0.2, 0.25) is 0 Å². The lowest BCUT2D eigenvalue weighted by Crippen LogP contribution is -2.35. The van der Waals surface area contributed by atoms with E-state index in [1.54, 1.807) is 7.11 Å². The summed E-state index contributed by atoms with van der Waals surface area (Å²) in [6.07, 6.45) is 0.847. The van der Waals surface area contributed by atoms with Crippen LogP contribution in [-0.2, 0) is 9.53 Å². The number of rotatable bonds is 3. The number of hydrogen-bond donors (Lipinski definition) is 2. The third-order valence-corrected chi connectivity index (χ3v) is 4.12. The first kappa shape index (κ1) is 13.5. The van der Waals surface area contributed by atoms with Gasteiger partial charge in [0, 0.05) is 23.8 Å². The van der Waals surface area contributed by atoms with Crippen LogP contribution in [0.3, 0.4) is 0 Å². The summed E-state index contributed by atoms with van der Waals surface area (Å²) >= 11 is 3.45. The van der Waals surface area contributed by atoms with E-state index in [0.717, 1.165) is 28.7 Å². The van der Waals surface area contributed by atoms with Crippen LogP contribution in [0, 0.1) is 6.92 Å². The van der Waals surface area contributed by atoms with Gasteiger partial charge in [0.2, 0.25) is 5.91 Å². The standard InChI is InChI=1S/C13H17BrN2O2/c1-8-10(14)4-3-5-11(8)16-13(17)12-6-9(18-2)7-15-12/h3-5,9,12,15H,6-7H2,1-2H3,(H,16,17). The van der Waals surface area contributed by atoms with Gasteiger partial charge in [-0.2, -0.15) is 0 Å². The van der Waals surface area contributed by atoms with Crippen LogP contribution in [-0.4, -0.2) is 31.7 Å². The summed E-state index contributed by atoms with van der Waals surface area (Å²) in [6.45, 7) is 2.70. The van der Waals surface area contributed by atoms with Crippen molar-refractivity contribution in [3.05, 3.63) is 28.2 Å². The molecule has 4 nitrogen and oxygen atoms in total. The molecule has 1 saturated heterocycles. The summed E-state index contributed by atoms with van der Waals surface area (Å²) in [5.74, 6) is -0.00394. The second-order valence-corrected chi connectivity index (χ2v) is 5.31. The van der Waals surface area contributed by atoms with Crippen LogP contribution < -0.4 is 10.6 Å². The molecule has 2 N–H and O–H groups in total. The van der Waals surface area contributed by atoms with Crippen molar-refractivity contribution in [1.29, 1.82) is 0 Å². The lowest BCUT2D eigenvalue weighted by molar-refractivity contribution is -0.118. The second kappa shape index (κ2) is 5.82. The molecule has 2 atom stereocenters. The summed E-state index contributed by atoms with van der Waals surface area (Å²) < 4.78 is 6.23. The molecule has 1 aliphatic heterocycles. The first-order valence-corrected chi connectivity index (χ1v) is 6.73. The second-order valence-electron chi connectivity index (χ2n) is 4.46. The Bertz CT molecular complexity index is 451. The number of hydrogen-bond acceptors (Lipinski definition) is 3. The number of anilines is 1. The number of benzene rings is 1. The molecular formula is C13H17BrN2O2. The largest absolute Gasteiger partial charge is 0.380 e. The summed E-state index contributed by atoms with van der Waals surface area (Å²) in [6, 6.07) is 5.60. The van der Waals surface area contributed by atoms with E-state index < -0.39 is 0 Å². The maximum atomic E-state index is 12.1. The maximum absolute atomic E-state index is 12.1. The molecule has 0 saturated carbocycles. The minimum absolute atomic E-state index is 0.00394. The SMILES string of the molecule is COC1CNC(C(=O)Nc2cccc(Br)c2C)C1. The Morgan fingerprint density at radius 2 is 2.33 bits per heavy atom. The van der Waals surface area contributed by atoms with Crippen LogP contribution in [0.25, 0.3) is 0 Å². The number of carbonyl (C=O) groups is 1. The normalized spacial score (nSPS) is 23.1. The lowest BCUT2D eigenvalue weighted by Gasteiger charge is -2.13. The predicted octanol–water partition coefficient (Wildman–Crippen LogP) is 2.07. The fraction of sp³-hybridized carbons (Fsp3) is 0.462. The zero-order valence-corrected chi connectivity index (χ0v) is 12.1. The smallest absolute Gasteiger partial charge is 0.241 e. The molecular weight excluding hydrogens is 296 g/mol. The average molecular weight is 313 g/mol. The zero-order valence-electron chi connectivity index (χ0n) is 10.5. The van der Waals surface area contributed by atoms with Crippen LogP contribution in [0.1, 0.15) is 12.0 Å². The lowest BCUT2D eigenvalue weighted by atomic mass is 10.1. The van der Waals surface area contributed by atoms with Gasteiger partial charge in [0.1, 0.15) is 0 Å². The van der Waals surface area contributed by atoms with Gasteiger partial charge in [-0.25, -0.2) is 0 Å². The molecule has 1 aliphatic rings. The van der Waals surface area contributed by atoms with E-state index >= 15 is 0 Å². The zero-order chi connectivity index (χ0) is 13.1. The van der Waals surface area contributed by atoms with Gasteiger partial charge in [0.15, 0.2) is 0 Å². The summed E-state index contributed by atoms with van der Waals surface area (Å²) in [5.41, 5.74) is 1.88. The minimum atomic E-state index is -0.173. The summed E-state index contributed by atoms with van der Waals surface area (Å²) in [4.78, 5) is 12.1. The van der Waals surface area contributed by atoms with E-state index in [-0.39, 0.29) is 18.1 Å². The van der Waals surface area contributed by atoms with Crippen molar-refractivity contribution in [2.75, 3.05) is 19.0 Å². The molecule has 1 aromatic rings. The van der Waals surface area contributed by atoms with Gasteiger partial charge in [-0.15, -0.1) is 0 Å². The molecule has 1 aromatic carbocycles. The Hall–Kier alpha value is -0.910. The summed E-state index contributed by atoms with van der Waals surface area (Å²) in [7, 11) is 1.67. The van der Waals surface area contributed by atoms with Crippen molar-refractivity contribution in [3.8, 4) is 0 Å². The number of halogens is 1. The highest BCUT2D eigenvalue weighted by atomic mass is 79.9. The molecule has 1 amide bonds. The first-order chi connectivity index (χ1) is 8.61. The number of methoxy groups -OCH3 is 1. The highest BCUT2D eigenvalue weighted by Gasteiger charge is 2.29. The van der Waals surface area contributed by atoms with Gasteiger partial charge < -0.3 is 15.4 Å². The molecule has 2 rings (SSSR count). The molecule has 0 spiro atoms. The van der Waals surface area contributed by atoms with Crippen molar-refractivity contribution in [2.24, 2.45) is 0 Å². The fourth-order valence-electron chi connectivity index (χ4n) is 2.05. The van der Waals surface area contributed by atoms with Crippen molar-refractivity contribution >= 4 is 27.5 Å². The topological polar surface area (TPSA) is 50.4 Å². The van der Waals surface area contributed by atoms with Gasteiger partial charge in [-0.3, -0.25) is 4.79 Å². The van der Waals surface area contributed by atoms with Gasteiger partial charge in [-0.1, -0.05) is 22.0 Å². The molecule has 18 heavy (non-hydrogen) atoms. The Balaban J connectivity index is 2.01. The molecule has 1 fully saturated rings. The molecule has 5 heteroatoms. The van der Waals surface area contributed by atoms with E-state index in [9.17, 15) is 4.79 Å². The quantitative estimate of drug-likeness (QED) is 0.898. The molecule has 98 valence electrons.